The smallest absolute Gasteiger partial charge is 0.257 e. The Labute approximate surface area is 193 Å². The molecule has 33 heavy (non-hydrogen) atoms. The van der Waals surface area contributed by atoms with Crippen molar-refractivity contribution in [1.82, 2.24) is 15.3 Å². The van der Waals surface area contributed by atoms with Crippen LogP contribution in [0.2, 0.25) is 0 Å². The van der Waals surface area contributed by atoms with Crippen LogP contribution >= 0.6 is 11.3 Å². The van der Waals surface area contributed by atoms with Crippen molar-refractivity contribution in [3.63, 3.8) is 0 Å². The summed E-state index contributed by atoms with van der Waals surface area (Å²) in [5.41, 5.74) is 0.978. The van der Waals surface area contributed by atoms with Crippen LogP contribution in [0.3, 0.4) is 0 Å². The van der Waals surface area contributed by atoms with Gasteiger partial charge in [-0.1, -0.05) is 23.5 Å². The van der Waals surface area contributed by atoms with E-state index in [1.807, 2.05) is 24.3 Å². The molecule has 2 amide bonds. The summed E-state index contributed by atoms with van der Waals surface area (Å²) in [5, 5.41) is 5.92. The fraction of sp³-hybridized carbons (Fsp3) is 0.261. The summed E-state index contributed by atoms with van der Waals surface area (Å²) in [6.07, 6.45) is 3.17. The van der Waals surface area contributed by atoms with E-state index in [2.05, 4.69) is 20.6 Å². The highest BCUT2D eigenvalue weighted by atomic mass is 32.1. The lowest BCUT2D eigenvalue weighted by Gasteiger charge is -2.27. The minimum Gasteiger partial charge on any atom is -0.486 e. The van der Waals surface area contributed by atoms with E-state index in [-0.39, 0.29) is 36.7 Å². The molecular weight excluding hydrogens is 444 g/mol. The molecular formula is C23H20N4O5S. The number of fused-ring (bicyclic) bond motifs is 2. The quantitative estimate of drug-likeness (QED) is 0.595. The first-order valence-corrected chi connectivity index (χ1v) is 11.3. The lowest BCUT2D eigenvalue weighted by molar-refractivity contribution is -0.125. The molecule has 0 radical (unpaired) electrons. The maximum Gasteiger partial charge on any atom is 0.257 e. The number of carbonyl (C=O) groups is 3. The number of ketones is 1. The number of hydrogen-bond donors (Lipinski definition) is 2. The third-order valence-electron chi connectivity index (χ3n) is 5.43. The normalized spacial score (nSPS) is 18.8. The first-order chi connectivity index (χ1) is 16.1. The second-order valence-corrected chi connectivity index (χ2v) is 8.76. The maximum absolute atomic E-state index is 12.8. The Kier molecular flexibility index (Phi) is 5.74. The molecule has 1 aliphatic carbocycles. The molecule has 10 heteroatoms. The van der Waals surface area contributed by atoms with Gasteiger partial charge in [-0.05, 0) is 24.3 Å². The molecule has 1 aromatic carbocycles. The largest absolute Gasteiger partial charge is 0.486 e. The van der Waals surface area contributed by atoms with Crippen LogP contribution in [0.4, 0.5) is 5.13 Å². The summed E-state index contributed by atoms with van der Waals surface area (Å²) in [6, 6.07) is 10.6. The lowest BCUT2D eigenvalue weighted by atomic mass is 9.89. The van der Waals surface area contributed by atoms with E-state index < -0.39 is 5.92 Å². The predicted molar refractivity (Wildman–Crippen MR) is 120 cm³/mol. The van der Waals surface area contributed by atoms with Gasteiger partial charge >= 0.3 is 0 Å². The van der Waals surface area contributed by atoms with Gasteiger partial charge in [0.15, 0.2) is 22.4 Å². The molecule has 168 valence electrons. The standard InChI is InChI=1S/C23H20N4O5S/c28-17-10-14(21(29)25-11-15-12-31-18-3-1-2-4-19(18)32-15)9-16-20(17)33-23(26-16)27-22(30)13-5-7-24-8-6-13/h1-8,14-15H,9-12H2,(H,25,29)(H,26,27,30)/t14-,15+/m1/s1. The molecule has 2 N–H and O–H groups in total. The van der Waals surface area contributed by atoms with Crippen molar-refractivity contribution in [1.29, 1.82) is 0 Å². The Hall–Kier alpha value is -3.79. The Morgan fingerprint density at radius 3 is 2.70 bits per heavy atom. The summed E-state index contributed by atoms with van der Waals surface area (Å²) in [5.74, 6) is 0.0932. The number of ether oxygens (including phenoxy) is 2. The zero-order valence-corrected chi connectivity index (χ0v) is 18.3. The average molecular weight is 465 g/mol. The minimum absolute atomic E-state index is 0.101. The molecule has 2 aromatic heterocycles. The van der Waals surface area contributed by atoms with Gasteiger partial charge in [0.1, 0.15) is 12.7 Å². The minimum atomic E-state index is -0.521. The molecule has 5 rings (SSSR count). The monoisotopic (exact) mass is 464 g/mol. The summed E-state index contributed by atoms with van der Waals surface area (Å²) in [6.45, 7) is 0.604. The summed E-state index contributed by atoms with van der Waals surface area (Å²) >= 11 is 1.13. The molecule has 0 spiro atoms. The molecule has 3 heterocycles. The van der Waals surface area contributed by atoms with E-state index in [1.54, 1.807) is 12.1 Å². The molecule has 0 saturated heterocycles. The topological polar surface area (TPSA) is 120 Å². The molecule has 0 unspecified atom stereocenters. The lowest BCUT2D eigenvalue weighted by Crippen LogP contribution is -2.44. The predicted octanol–water partition coefficient (Wildman–Crippen LogP) is 2.49. The SMILES string of the molecule is O=C(Nc1nc2c(s1)C(=O)C[C@H](C(=O)NC[C@H]1COc3ccccc3O1)C2)c1ccncc1. The van der Waals surface area contributed by atoms with E-state index in [0.717, 1.165) is 11.3 Å². The molecule has 0 bridgehead atoms. The van der Waals surface area contributed by atoms with Crippen molar-refractivity contribution in [2.24, 2.45) is 5.92 Å². The molecule has 2 aliphatic rings. The zero-order valence-electron chi connectivity index (χ0n) is 17.4. The number of aromatic nitrogens is 2. The van der Waals surface area contributed by atoms with Gasteiger partial charge in [-0.25, -0.2) is 4.98 Å². The highest BCUT2D eigenvalue weighted by Crippen LogP contribution is 2.33. The fourth-order valence-corrected chi connectivity index (χ4v) is 4.70. The van der Waals surface area contributed by atoms with Crippen molar-refractivity contribution in [3.8, 4) is 11.5 Å². The third-order valence-corrected chi connectivity index (χ3v) is 6.48. The number of amides is 2. The van der Waals surface area contributed by atoms with Crippen LogP contribution < -0.4 is 20.1 Å². The van der Waals surface area contributed by atoms with E-state index in [0.29, 0.717) is 45.8 Å². The maximum atomic E-state index is 12.8. The van der Waals surface area contributed by atoms with Gasteiger partial charge < -0.3 is 14.8 Å². The molecule has 9 nitrogen and oxygen atoms in total. The van der Waals surface area contributed by atoms with E-state index in [9.17, 15) is 14.4 Å². The fourth-order valence-electron chi connectivity index (χ4n) is 3.76. The number of benzene rings is 1. The Bertz CT molecular complexity index is 1210. The van der Waals surface area contributed by atoms with Gasteiger partial charge in [-0.15, -0.1) is 0 Å². The number of Topliss-reactive ketones (excluding diaryl/α,β-unsaturated/α-hetero) is 1. The average Bonchev–Trinajstić information content (AvgIpc) is 3.26. The first kappa shape index (κ1) is 21.1. The highest BCUT2D eigenvalue weighted by molar-refractivity contribution is 7.17. The molecule has 0 saturated carbocycles. The Balaban J connectivity index is 1.19. The number of thiazole rings is 1. The first-order valence-electron chi connectivity index (χ1n) is 10.5. The van der Waals surface area contributed by atoms with Crippen molar-refractivity contribution < 1.29 is 23.9 Å². The number of hydrogen-bond acceptors (Lipinski definition) is 8. The van der Waals surface area contributed by atoms with Gasteiger partial charge in [-0.2, -0.15) is 0 Å². The Morgan fingerprint density at radius 1 is 1.09 bits per heavy atom. The summed E-state index contributed by atoms with van der Waals surface area (Å²) in [4.78, 5) is 46.5. The van der Waals surface area contributed by atoms with Gasteiger partial charge in [0.25, 0.3) is 5.91 Å². The van der Waals surface area contributed by atoms with Crippen LogP contribution in [0.15, 0.2) is 48.8 Å². The van der Waals surface area contributed by atoms with Crippen LogP contribution in [0.25, 0.3) is 0 Å². The van der Waals surface area contributed by atoms with Gasteiger partial charge in [0, 0.05) is 30.8 Å². The number of anilines is 1. The number of nitrogens with zero attached hydrogens (tertiary/aromatic N) is 2. The van der Waals surface area contributed by atoms with Crippen LogP contribution in [-0.2, 0) is 11.2 Å². The number of carbonyl (C=O) groups excluding carboxylic acids is 3. The van der Waals surface area contributed by atoms with Crippen LogP contribution in [0.5, 0.6) is 11.5 Å². The zero-order chi connectivity index (χ0) is 22.8. The van der Waals surface area contributed by atoms with Crippen LogP contribution in [0, 0.1) is 5.92 Å². The Morgan fingerprint density at radius 2 is 1.88 bits per heavy atom. The highest BCUT2D eigenvalue weighted by Gasteiger charge is 2.33. The molecule has 1 aliphatic heterocycles. The van der Waals surface area contributed by atoms with E-state index >= 15 is 0 Å². The summed E-state index contributed by atoms with van der Waals surface area (Å²) in [7, 11) is 0. The van der Waals surface area contributed by atoms with E-state index in [4.69, 9.17) is 9.47 Å². The van der Waals surface area contributed by atoms with Crippen molar-refractivity contribution in [2.45, 2.75) is 18.9 Å². The van der Waals surface area contributed by atoms with Gasteiger partial charge in [-0.3, -0.25) is 24.7 Å². The number of pyridine rings is 1. The number of rotatable bonds is 5. The van der Waals surface area contributed by atoms with Gasteiger partial charge in [0.2, 0.25) is 5.91 Å². The second kappa shape index (κ2) is 8.99. The van der Waals surface area contributed by atoms with Crippen LogP contribution in [0.1, 0.15) is 32.1 Å². The van der Waals surface area contributed by atoms with E-state index in [1.165, 1.54) is 12.4 Å². The third kappa shape index (κ3) is 4.56. The molecule has 3 aromatic rings. The van der Waals surface area contributed by atoms with Crippen molar-refractivity contribution >= 4 is 34.1 Å². The number of para-hydroxylation sites is 2. The number of nitrogens with one attached hydrogen (secondary N) is 2. The van der Waals surface area contributed by atoms with Crippen molar-refractivity contribution in [2.75, 3.05) is 18.5 Å². The van der Waals surface area contributed by atoms with Crippen LogP contribution in [-0.4, -0.2) is 46.8 Å². The summed E-state index contributed by atoms with van der Waals surface area (Å²) < 4.78 is 11.5. The van der Waals surface area contributed by atoms with Crippen molar-refractivity contribution in [3.05, 3.63) is 64.9 Å². The molecule has 0 fully saturated rings. The molecule has 2 atom stereocenters. The van der Waals surface area contributed by atoms with Gasteiger partial charge in [0.05, 0.1) is 23.0 Å². The second-order valence-electron chi connectivity index (χ2n) is 7.76.